The van der Waals surface area contributed by atoms with Crippen LogP contribution in [0.4, 0.5) is 17.1 Å². The van der Waals surface area contributed by atoms with Gasteiger partial charge in [0.2, 0.25) is 0 Å². The van der Waals surface area contributed by atoms with Gasteiger partial charge in [0.1, 0.15) is 0 Å². The minimum absolute atomic E-state index is 0.784. The van der Waals surface area contributed by atoms with Crippen LogP contribution in [0.25, 0.3) is 44.5 Å². The maximum atomic E-state index is 6.30. The molecule has 0 unspecified atom stereocenters. The molecule has 0 fully saturated rings. The van der Waals surface area contributed by atoms with Gasteiger partial charge in [0.05, 0.1) is 0 Å². The van der Waals surface area contributed by atoms with Gasteiger partial charge < -0.3 is 11.1 Å². The summed E-state index contributed by atoms with van der Waals surface area (Å²) in [6.07, 6.45) is 0. The number of anilines is 3. The van der Waals surface area contributed by atoms with Crippen molar-refractivity contribution in [3.8, 4) is 44.5 Å². The van der Waals surface area contributed by atoms with E-state index in [4.69, 9.17) is 5.73 Å². The van der Waals surface area contributed by atoms with Crippen LogP contribution < -0.4 is 11.1 Å². The van der Waals surface area contributed by atoms with Crippen molar-refractivity contribution in [2.45, 2.75) is 0 Å². The summed E-state index contributed by atoms with van der Waals surface area (Å²) >= 11 is 0. The van der Waals surface area contributed by atoms with Gasteiger partial charge in [-0.15, -0.1) is 0 Å². The molecule has 6 aromatic rings. The Morgan fingerprint density at radius 1 is 0.368 bits per heavy atom. The Bertz CT molecular complexity index is 1690. The number of para-hydroxylation sites is 2. The summed E-state index contributed by atoms with van der Waals surface area (Å²) in [6.45, 7) is 0. The molecule has 2 heteroatoms. The summed E-state index contributed by atoms with van der Waals surface area (Å²) in [5, 5.41) is 3.62. The minimum Gasteiger partial charge on any atom is -0.398 e. The first-order chi connectivity index (χ1) is 18.8. The lowest BCUT2D eigenvalue weighted by Gasteiger charge is -2.17. The molecular weight excluding hydrogens is 460 g/mol. The number of rotatable bonds is 6. The molecule has 6 rings (SSSR count). The van der Waals surface area contributed by atoms with Crippen LogP contribution >= 0.6 is 0 Å². The third kappa shape index (κ3) is 4.80. The molecule has 0 atom stereocenters. The van der Waals surface area contributed by atoms with Gasteiger partial charge in [-0.1, -0.05) is 115 Å². The maximum Gasteiger partial charge on any atom is 0.0464 e. The number of nitrogens with one attached hydrogen (secondary N) is 1. The molecule has 0 saturated heterocycles. The van der Waals surface area contributed by atoms with Gasteiger partial charge in [0.25, 0.3) is 0 Å². The fraction of sp³-hybridized carbons (Fsp3) is 0. The van der Waals surface area contributed by atoms with Gasteiger partial charge in [-0.2, -0.15) is 0 Å². The quantitative estimate of drug-likeness (QED) is 0.229. The molecule has 0 radical (unpaired) electrons. The lowest BCUT2D eigenvalue weighted by Crippen LogP contribution is -1.95. The van der Waals surface area contributed by atoms with Crippen LogP contribution in [-0.2, 0) is 0 Å². The van der Waals surface area contributed by atoms with E-state index < -0.39 is 0 Å². The van der Waals surface area contributed by atoms with Crippen LogP contribution in [0.3, 0.4) is 0 Å². The van der Waals surface area contributed by atoms with E-state index in [2.05, 4.69) is 121 Å². The number of nitrogen functional groups attached to an aromatic ring is 1. The number of hydrogen-bond acceptors (Lipinski definition) is 2. The van der Waals surface area contributed by atoms with E-state index in [1.165, 1.54) is 22.3 Å². The molecule has 6 aromatic carbocycles. The number of benzene rings is 6. The molecule has 0 aliphatic carbocycles. The lowest BCUT2D eigenvalue weighted by molar-refractivity contribution is 1.52. The molecule has 0 bridgehead atoms. The lowest BCUT2D eigenvalue weighted by atomic mass is 9.90. The molecule has 3 N–H and O–H groups in total. The largest absolute Gasteiger partial charge is 0.398 e. The first-order valence-corrected chi connectivity index (χ1v) is 12.8. The van der Waals surface area contributed by atoms with Crippen LogP contribution in [0.2, 0.25) is 0 Å². The molecule has 0 spiro atoms. The van der Waals surface area contributed by atoms with Gasteiger partial charge in [-0.25, -0.2) is 0 Å². The minimum atomic E-state index is 0.784. The van der Waals surface area contributed by atoms with Crippen LogP contribution in [0.1, 0.15) is 0 Å². The van der Waals surface area contributed by atoms with E-state index in [0.717, 1.165) is 39.3 Å². The van der Waals surface area contributed by atoms with Crippen molar-refractivity contribution in [1.82, 2.24) is 0 Å². The van der Waals surface area contributed by atoms with Crippen LogP contribution in [0, 0.1) is 0 Å². The van der Waals surface area contributed by atoms with E-state index in [1.54, 1.807) is 0 Å². The van der Waals surface area contributed by atoms with Crippen LogP contribution in [-0.4, -0.2) is 0 Å². The smallest absolute Gasteiger partial charge is 0.0464 e. The van der Waals surface area contributed by atoms with E-state index in [9.17, 15) is 0 Å². The standard InChI is InChI=1S/C36H28N2/c37-35-21-10-9-20-33(35)28-15-11-14-27(24-28)31-18-7-8-19-32(31)29-22-23-36(38-30-16-5-2-6-17-30)34(25-29)26-12-3-1-4-13-26/h1-25,38H,37H2. The summed E-state index contributed by atoms with van der Waals surface area (Å²) < 4.78 is 0. The monoisotopic (exact) mass is 488 g/mol. The maximum absolute atomic E-state index is 6.30. The van der Waals surface area contributed by atoms with E-state index in [1.807, 2.05) is 36.4 Å². The third-order valence-electron chi connectivity index (χ3n) is 6.84. The van der Waals surface area contributed by atoms with E-state index in [-0.39, 0.29) is 0 Å². The second kappa shape index (κ2) is 10.5. The number of nitrogens with two attached hydrogens (primary N) is 1. The first-order valence-electron chi connectivity index (χ1n) is 12.8. The van der Waals surface area contributed by atoms with Crippen molar-refractivity contribution in [2.24, 2.45) is 0 Å². The average Bonchev–Trinajstić information content (AvgIpc) is 2.99. The molecular formula is C36H28N2. The summed E-state index contributed by atoms with van der Waals surface area (Å²) in [5.74, 6) is 0. The highest BCUT2D eigenvalue weighted by Gasteiger charge is 2.13. The Hall–Kier alpha value is -5.08. The Labute approximate surface area is 224 Å². The highest BCUT2D eigenvalue weighted by Crippen LogP contribution is 2.39. The van der Waals surface area contributed by atoms with Crippen LogP contribution in [0.5, 0.6) is 0 Å². The summed E-state index contributed by atoms with van der Waals surface area (Å²) in [7, 11) is 0. The zero-order valence-corrected chi connectivity index (χ0v) is 21.0. The van der Waals surface area contributed by atoms with E-state index >= 15 is 0 Å². The fourth-order valence-corrected chi connectivity index (χ4v) is 4.96. The topological polar surface area (TPSA) is 38.0 Å². The zero-order chi connectivity index (χ0) is 25.7. The molecule has 182 valence electrons. The van der Waals surface area contributed by atoms with Gasteiger partial charge >= 0.3 is 0 Å². The predicted molar refractivity (Wildman–Crippen MR) is 162 cm³/mol. The molecule has 0 aliphatic rings. The Balaban J connectivity index is 1.46. The second-order valence-electron chi connectivity index (χ2n) is 9.33. The average molecular weight is 489 g/mol. The highest BCUT2D eigenvalue weighted by atomic mass is 14.9. The summed E-state index contributed by atoms with van der Waals surface area (Å²) in [6, 6.07) is 52.8. The first kappa shape index (κ1) is 23.3. The van der Waals surface area contributed by atoms with Crippen LogP contribution in [0.15, 0.2) is 152 Å². The van der Waals surface area contributed by atoms with Gasteiger partial charge in [0.15, 0.2) is 0 Å². The van der Waals surface area contributed by atoms with Crippen molar-refractivity contribution < 1.29 is 0 Å². The van der Waals surface area contributed by atoms with Crippen molar-refractivity contribution in [3.63, 3.8) is 0 Å². The van der Waals surface area contributed by atoms with Crippen molar-refractivity contribution in [3.05, 3.63) is 152 Å². The van der Waals surface area contributed by atoms with Crippen molar-refractivity contribution >= 4 is 17.1 Å². The Morgan fingerprint density at radius 2 is 0.895 bits per heavy atom. The molecule has 0 aliphatic heterocycles. The van der Waals surface area contributed by atoms with Gasteiger partial charge in [-0.3, -0.25) is 0 Å². The predicted octanol–water partition coefficient (Wildman–Crippen LogP) is 9.68. The molecule has 0 heterocycles. The summed E-state index contributed by atoms with van der Waals surface area (Å²) in [4.78, 5) is 0. The van der Waals surface area contributed by atoms with Gasteiger partial charge in [0, 0.05) is 28.2 Å². The molecule has 2 nitrogen and oxygen atoms in total. The molecule has 0 saturated carbocycles. The molecule has 0 amide bonds. The SMILES string of the molecule is Nc1ccccc1-c1cccc(-c2ccccc2-c2ccc(Nc3ccccc3)c(-c3ccccc3)c2)c1. The Kier molecular flexibility index (Phi) is 6.44. The second-order valence-corrected chi connectivity index (χ2v) is 9.33. The van der Waals surface area contributed by atoms with E-state index in [0.29, 0.717) is 0 Å². The summed E-state index contributed by atoms with van der Waals surface area (Å²) in [5.41, 5.74) is 18.4. The Morgan fingerprint density at radius 3 is 1.58 bits per heavy atom. The van der Waals surface area contributed by atoms with Crippen molar-refractivity contribution in [2.75, 3.05) is 11.1 Å². The molecule has 38 heavy (non-hydrogen) atoms. The third-order valence-corrected chi connectivity index (χ3v) is 6.84. The van der Waals surface area contributed by atoms with Crippen molar-refractivity contribution in [1.29, 1.82) is 0 Å². The molecule has 0 aromatic heterocycles. The zero-order valence-electron chi connectivity index (χ0n) is 21.0. The normalized spacial score (nSPS) is 10.7. The number of hydrogen-bond donors (Lipinski definition) is 2. The fourth-order valence-electron chi connectivity index (χ4n) is 4.96. The highest BCUT2D eigenvalue weighted by molar-refractivity contribution is 5.91. The van der Waals surface area contributed by atoms with Gasteiger partial charge in [-0.05, 0) is 69.8 Å².